The van der Waals surface area contributed by atoms with Crippen LogP contribution in [-0.4, -0.2) is 23.5 Å². The topological polar surface area (TPSA) is 92.4 Å². The fourth-order valence-corrected chi connectivity index (χ4v) is 6.52. The number of primary amides is 1. The van der Waals surface area contributed by atoms with E-state index in [2.05, 4.69) is 50.4 Å². The van der Waals surface area contributed by atoms with Crippen molar-refractivity contribution in [1.82, 2.24) is 0 Å². The van der Waals surface area contributed by atoms with Crippen LogP contribution < -0.4 is 11.1 Å². The van der Waals surface area contributed by atoms with E-state index in [0.29, 0.717) is 37.1 Å². The number of carbonyl (C=O) groups is 2. The first-order chi connectivity index (χ1) is 18.0. The molecule has 198 valence electrons. The normalized spacial score (nSPS) is 18.2. The van der Waals surface area contributed by atoms with Gasteiger partial charge in [-0.15, -0.1) is 0 Å². The fourth-order valence-electron chi connectivity index (χ4n) is 6.52. The number of hydrogen-bond donors (Lipinski definition) is 3. The molecule has 0 aromatic heterocycles. The maximum Gasteiger partial charge on any atom is 0.337 e. The molecule has 0 fully saturated rings. The number of nitrogens with one attached hydrogen (secondary N) is 1. The van der Waals surface area contributed by atoms with Crippen molar-refractivity contribution in [3.05, 3.63) is 99.4 Å². The largest absolute Gasteiger partial charge is 0.478 e. The lowest BCUT2D eigenvalue weighted by atomic mass is 9.63. The zero-order valence-electron chi connectivity index (χ0n) is 22.2. The molecule has 2 aliphatic rings. The molecule has 1 aliphatic carbocycles. The minimum atomic E-state index is -1.13. The molecule has 0 saturated carbocycles. The van der Waals surface area contributed by atoms with E-state index in [4.69, 9.17) is 5.73 Å². The highest BCUT2D eigenvalue weighted by atomic mass is 19.1. The van der Waals surface area contributed by atoms with Gasteiger partial charge < -0.3 is 16.2 Å². The number of carbonyl (C=O) groups excluding carboxylic acids is 1. The summed E-state index contributed by atoms with van der Waals surface area (Å²) in [5.41, 5.74) is 12.0. The molecule has 38 heavy (non-hydrogen) atoms. The highest BCUT2D eigenvalue weighted by molar-refractivity contribution is 5.97. The molecule has 2 unspecified atom stereocenters. The number of nitrogens with two attached hydrogens (primary N) is 1. The second kappa shape index (κ2) is 9.57. The van der Waals surface area contributed by atoms with Crippen molar-refractivity contribution in [2.24, 2.45) is 5.73 Å². The minimum Gasteiger partial charge on any atom is -0.478 e. The van der Waals surface area contributed by atoms with Crippen molar-refractivity contribution in [1.29, 1.82) is 0 Å². The molecule has 1 aliphatic heterocycles. The zero-order valence-corrected chi connectivity index (χ0v) is 22.2. The van der Waals surface area contributed by atoms with E-state index in [9.17, 15) is 19.1 Å². The van der Waals surface area contributed by atoms with Gasteiger partial charge >= 0.3 is 5.97 Å². The Labute approximate surface area is 223 Å². The van der Waals surface area contributed by atoms with Gasteiger partial charge in [0.25, 0.3) is 0 Å². The van der Waals surface area contributed by atoms with E-state index in [0.717, 1.165) is 35.1 Å². The first-order valence-corrected chi connectivity index (χ1v) is 13.3. The summed E-state index contributed by atoms with van der Waals surface area (Å²) < 4.78 is 14.0. The molecule has 3 aromatic rings. The van der Waals surface area contributed by atoms with Crippen molar-refractivity contribution in [2.45, 2.75) is 69.6 Å². The average molecular weight is 515 g/mol. The van der Waals surface area contributed by atoms with Crippen LogP contribution in [0.25, 0.3) is 0 Å². The molecule has 5 rings (SSSR count). The molecule has 2 atom stereocenters. The summed E-state index contributed by atoms with van der Waals surface area (Å²) in [4.78, 5) is 25.8. The molecular weight excluding hydrogens is 479 g/mol. The number of aromatic carboxylic acids is 1. The van der Waals surface area contributed by atoms with Gasteiger partial charge in [0, 0.05) is 12.5 Å². The molecule has 0 bridgehead atoms. The summed E-state index contributed by atoms with van der Waals surface area (Å²) in [6.07, 6.45) is 3.30. The zero-order chi connectivity index (χ0) is 27.2. The Morgan fingerprint density at radius 1 is 1.03 bits per heavy atom. The maximum atomic E-state index is 14.0. The summed E-state index contributed by atoms with van der Waals surface area (Å²) in [6, 6.07) is 16.2. The molecule has 0 radical (unpaired) electrons. The number of amides is 1. The van der Waals surface area contributed by atoms with Gasteiger partial charge in [-0.2, -0.15) is 0 Å². The lowest BCUT2D eigenvalue weighted by molar-refractivity contribution is -0.124. The van der Waals surface area contributed by atoms with Gasteiger partial charge in [-0.1, -0.05) is 57.2 Å². The number of hydrogen-bond acceptors (Lipinski definition) is 3. The van der Waals surface area contributed by atoms with Crippen LogP contribution >= 0.6 is 0 Å². The van der Waals surface area contributed by atoms with E-state index >= 15 is 0 Å². The Hall–Kier alpha value is -3.67. The summed E-state index contributed by atoms with van der Waals surface area (Å²) in [5, 5.41) is 13.2. The maximum absolute atomic E-state index is 14.0. The van der Waals surface area contributed by atoms with Crippen LogP contribution in [0.3, 0.4) is 0 Å². The highest BCUT2D eigenvalue weighted by Crippen LogP contribution is 2.52. The second-order valence-corrected chi connectivity index (χ2v) is 11.7. The lowest BCUT2D eigenvalue weighted by Gasteiger charge is -2.39. The van der Waals surface area contributed by atoms with Gasteiger partial charge in [0.15, 0.2) is 0 Å². The number of carboxylic acids is 1. The van der Waals surface area contributed by atoms with Gasteiger partial charge in [-0.3, -0.25) is 4.79 Å². The number of carboxylic acid groups (broad SMARTS) is 1. The molecule has 5 nitrogen and oxygen atoms in total. The minimum absolute atomic E-state index is 0.00539. The number of aryl methyl sites for hydroxylation is 1. The summed E-state index contributed by atoms with van der Waals surface area (Å²) in [5.74, 6) is -2.05. The van der Waals surface area contributed by atoms with Crippen LogP contribution in [0.2, 0.25) is 0 Å². The van der Waals surface area contributed by atoms with E-state index < -0.39 is 17.3 Å². The Morgan fingerprint density at radius 3 is 2.29 bits per heavy atom. The highest BCUT2D eigenvalue weighted by Gasteiger charge is 2.50. The SMILES string of the molecule is CC(C)(C)c1ccc(CC(C(N)=O)(c2ccc(F)cc2)C2CCc3cc(C(=O)O)c4c(c32)CCCN4)cc1. The van der Waals surface area contributed by atoms with Gasteiger partial charge in [0.2, 0.25) is 5.91 Å². The van der Waals surface area contributed by atoms with E-state index in [-0.39, 0.29) is 22.7 Å². The van der Waals surface area contributed by atoms with Crippen LogP contribution in [0, 0.1) is 5.82 Å². The first-order valence-electron chi connectivity index (χ1n) is 13.3. The first kappa shape index (κ1) is 26.0. The second-order valence-electron chi connectivity index (χ2n) is 11.7. The number of anilines is 1. The predicted octanol–water partition coefficient (Wildman–Crippen LogP) is 5.88. The molecule has 0 saturated heterocycles. The van der Waals surface area contributed by atoms with Crippen molar-refractivity contribution >= 4 is 17.6 Å². The van der Waals surface area contributed by atoms with Crippen LogP contribution in [0.5, 0.6) is 0 Å². The van der Waals surface area contributed by atoms with Gasteiger partial charge in [-0.05, 0) is 89.1 Å². The van der Waals surface area contributed by atoms with Crippen molar-refractivity contribution < 1.29 is 19.1 Å². The van der Waals surface area contributed by atoms with Crippen molar-refractivity contribution in [2.75, 3.05) is 11.9 Å². The van der Waals surface area contributed by atoms with Gasteiger partial charge in [0.1, 0.15) is 5.82 Å². The number of halogens is 1. The molecule has 3 aromatic carbocycles. The summed E-state index contributed by atoms with van der Waals surface area (Å²) >= 11 is 0. The van der Waals surface area contributed by atoms with Gasteiger partial charge in [0.05, 0.1) is 16.7 Å². The van der Waals surface area contributed by atoms with E-state index in [1.807, 2.05) is 0 Å². The molecule has 6 heteroatoms. The van der Waals surface area contributed by atoms with Crippen LogP contribution in [0.1, 0.15) is 83.3 Å². The van der Waals surface area contributed by atoms with Crippen LogP contribution in [0.4, 0.5) is 10.1 Å². The molecule has 4 N–H and O–H groups in total. The van der Waals surface area contributed by atoms with E-state index in [1.165, 1.54) is 17.7 Å². The third kappa shape index (κ3) is 4.36. The lowest BCUT2D eigenvalue weighted by Crippen LogP contribution is -2.48. The van der Waals surface area contributed by atoms with Crippen LogP contribution in [0.15, 0.2) is 54.6 Å². The van der Waals surface area contributed by atoms with Crippen molar-refractivity contribution in [3.63, 3.8) is 0 Å². The van der Waals surface area contributed by atoms with E-state index in [1.54, 1.807) is 18.2 Å². The third-order valence-corrected chi connectivity index (χ3v) is 8.44. The quantitative estimate of drug-likeness (QED) is 0.383. The van der Waals surface area contributed by atoms with Crippen LogP contribution in [-0.2, 0) is 34.9 Å². The molecule has 1 amide bonds. The number of benzene rings is 3. The summed E-state index contributed by atoms with van der Waals surface area (Å²) in [7, 11) is 0. The molecule has 0 spiro atoms. The molecular formula is C32H35FN2O3. The monoisotopic (exact) mass is 514 g/mol. The average Bonchev–Trinajstić information content (AvgIpc) is 3.31. The van der Waals surface area contributed by atoms with Crippen molar-refractivity contribution in [3.8, 4) is 0 Å². The summed E-state index contributed by atoms with van der Waals surface area (Å²) in [6.45, 7) is 7.18. The third-order valence-electron chi connectivity index (χ3n) is 8.44. The Kier molecular flexibility index (Phi) is 6.54. The molecule has 1 heterocycles. The van der Waals surface area contributed by atoms with Gasteiger partial charge in [-0.25, -0.2) is 9.18 Å². The fraction of sp³-hybridized carbons (Fsp3) is 0.375. The number of fused-ring (bicyclic) bond motifs is 3. The number of rotatable bonds is 6. The Morgan fingerprint density at radius 2 is 1.68 bits per heavy atom. The standard InChI is InChI=1S/C32H35FN2O3/c1-31(2,3)21-9-6-19(7-10-21)18-32(30(34)38,22-11-13-23(33)14-12-22)26-15-8-20-17-25(29(36)37)28-24(27(20)26)5-4-16-35-28/h6-7,9-14,17,26,35H,4-5,8,15-16,18H2,1-3H3,(H2,34,38)(H,36,37). The smallest absolute Gasteiger partial charge is 0.337 e. The Bertz CT molecular complexity index is 1390. The Balaban J connectivity index is 1.71. The predicted molar refractivity (Wildman–Crippen MR) is 147 cm³/mol.